The first-order chi connectivity index (χ1) is 9.44. The minimum atomic E-state index is -3.66. The number of hydrogen-bond acceptors (Lipinski definition) is 4. The lowest BCUT2D eigenvalue weighted by atomic mass is 10.2. The minimum absolute atomic E-state index is 0.123. The van der Waals surface area contributed by atoms with Crippen LogP contribution in [0, 0.1) is 25.2 Å². The molecule has 0 fully saturated rings. The molecule has 1 aromatic carbocycles. The zero-order valence-electron chi connectivity index (χ0n) is 11.1. The van der Waals surface area contributed by atoms with E-state index in [1.165, 1.54) is 6.07 Å². The fourth-order valence-corrected chi connectivity index (χ4v) is 3.04. The van der Waals surface area contributed by atoms with Crippen molar-refractivity contribution in [3.63, 3.8) is 0 Å². The van der Waals surface area contributed by atoms with E-state index in [4.69, 9.17) is 5.26 Å². The molecule has 0 amide bonds. The smallest absolute Gasteiger partial charge is 0.241 e. The van der Waals surface area contributed by atoms with Gasteiger partial charge in [0.15, 0.2) is 0 Å². The van der Waals surface area contributed by atoms with Gasteiger partial charge in [-0.15, -0.1) is 0 Å². The van der Waals surface area contributed by atoms with Gasteiger partial charge in [-0.2, -0.15) is 10.4 Å². The molecule has 0 saturated heterocycles. The number of aromatic amines is 1. The highest BCUT2D eigenvalue weighted by Gasteiger charge is 2.17. The Hall–Kier alpha value is -2.17. The van der Waals surface area contributed by atoms with Crippen LogP contribution < -0.4 is 4.72 Å². The fourth-order valence-electron chi connectivity index (χ4n) is 1.76. The lowest BCUT2D eigenvalue weighted by Gasteiger charge is -2.09. The lowest BCUT2D eigenvalue weighted by Crippen LogP contribution is -2.24. The van der Waals surface area contributed by atoms with Crippen LogP contribution in [0.4, 0.5) is 0 Å². The van der Waals surface area contributed by atoms with Crippen LogP contribution in [0.3, 0.4) is 0 Å². The molecular weight excluding hydrogens is 276 g/mol. The maximum atomic E-state index is 12.3. The summed E-state index contributed by atoms with van der Waals surface area (Å²) in [7, 11) is -3.66. The minimum Gasteiger partial charge on any atom is -0.283 e. The summed E-state index contributed by atoms with van der Waals surface area (Å²) in [5, 5.41) is 15.4. The van der Waals surface area contributed by atoms with Gasteiger partial charge >= 0.3 is 0 Å². The number of sulfonamides is 1. The fraction of sp³-hybridized carbons (Fsp3) is 0.231. The average molecular weight is 290 g/mol. The van der Waals surface area contributed by atoms with Gasteiger partial charge in [-0.3, -0.25) is 5.10 Å². The molecule has 0 atom stereocenters. The first-order valence-electron chi connectivity index (χ1n) is 5.93. The van der Waals surface area contributed by atoms with Crippen molar-refractivity contribution in [3.8, 4) is 6.07 Å². The summed E-state index contributed by atoms with van der Waals surface area (Å²) in [5.41, 5.74) is 2.51. The number of nitriles is 1. The number of nitrogens with zero attached hydrogens (tertiary/aromatic N) is 2. The number of benzene rings is 1. The van der Waals surface area contributed by atoms with E-state index in [0.29, 0.717) is 11.1 Å². The van der Waals surface area contributed by atoms with Crippen LogP contribution in [0.2, 0.25) is 0 Å². The Morgan fingerprint density at radius 1 is 1.40 bits per heavy atom. The maximum Gasteiger partial charge on any atom is 0.241 e. The van der Waals surface area contributed by atoms with Crippen LogP contribution in [0.25, 0.3) is 0 Å². The highest BCUT2D eigenvalue weighted by Crippen LogP contribution is 2.17. The van der Waals surface area contributed by atoms with E-state index in [2.05, 4.69) is 14.9 Å². The van der Waals surface area contributed by atoms with Crippen molar-refractivity contribution in [1.82, 2.24) is 14.9 Å². The van der Waals surface area contributed by atoms with E-state index in [-0.39, 0.29) is 11.4 Å². The van der Waals surface area contributed by atoms with Gasteiger partial charge in [0.25, 0.3) is 0 Å². The molecule has 104 valence electrons. The highest BCUT2D eigenvalue weighted by atomic mass is 32.2. The molecule has 1 aromatic heterocycles. The second kappa shape index (κ2) is 5.45. The van der Waals surface area contributed by atoms with Crippen molar-refractivity contribution >= 4 is 10.0 Å². The standard InChI is InChI=1S/C13H14N4O2S/c1-9-3-4-11(6-14)5-13(9)20(18,19)16-8-12-7-15-17-10(12)2/h3-5,7,16H,8H2,1-2H3,(H,15,17). The molecule has 2 rings (SSSR count). The number of aryl methyl sites for hydroxylation is 2. The third-order valence-corrected chi connectivity index (χ3v) is 4.54. The van der Waals surface area contributed by atoms with E-state index in [1.807, 2.05) is 13.0 Å². The van der Waals surface area contributed by atoms with E-state index in [0.717, 1.165) is 11.3 Å². The SMILES string of the molecule is Cc1ccc(C#N)cc1S(=O)(=O)NCc1cn[nH]c1C. The van der Waals surface area contributed by atoms with Crippen molar-refractivity contribution in [2.45, 2.75) is 25.3 Å². The van der Waals surface area contributed by atoms with E-state index in [9.17, 15) is 8.42 Å². The molecule has 0 bridgehead atoms. The Labute approximate surface area is 117 Å². The topological polar surface area (TPSA) is 98.6 Å². The highest BCUT2D eigenvalue weighted by molar-refractivity contribution is 7.89. The molecule has 6 nitrogen and oxygen atoms in total. The Kier molecular flexibility index (Phi) is 3.88. The quantitative estimate of drug-likeness (QED) is 0.888. The second-order valence-electron chi connectivity index (χ2n) is 4.44. The average Bonchev–Trinajstić information content (AvgIpc) is 2.82. The number of nitrogens with one attached hydrogen (secondary N) is 2. The van der Waals surface area contributed by atoms with Crippen molar-refractivity contribution in [1.29, 1.82) is 5.26 Å². The Morgan fingerprint density at radius 3 is 2.75 bits per heavy atom. The summed E-state index contributed by atoms with van der Waals surface area (Å²) in [6.45, 7) is 3.66. The van der Waals surface area contributed by atoms with Crippen LogP contribution >= 0.6 is 0 Å². The van der Waals surface area contributed by atoms with Crippen LogP contribution in [0.5, 0.6) is 0 Å². The maximum absolute atomic E-state index is 12.3. The van der Waals surface area contributed by atoms with Gasteiger partial charge in [-0.05, 0) is 31.5 Å². The second-order valence-corrected chi connectivity index (χ2v) is 6.17. The van der Waals surface area contributed by atoms with Crippen LogP contribution in [0.1, 0.15) is 22.4 Å². The Bertz CT molecular complexity index is 772. The summed E-state index contributed by atoms with van der Waals surface area (Å²) in [5.74, 6) is 0. The molecule has 0 radical (unpaired) electrons. The molecule has 0 unspecified atom stereocenters. The van der Waals surface area contributed by atoms with E-state index >= 15 is 0 Å². The molecular formula is C13H14N4O2S. The summed E-state index contributed by atoms with van der Waals surface area (Å²) < 4.78 is 27.1. The van der Waals surface area contributed by atoms with Crippen molar-refractivity contribution < 1.29 is 8.42 Å². The molecule has 7 heteroatoms. The van der Waals surface area contributed by atoms with Gasteiger partial charge in [-0.1, -0.05) is 6.07 Å². The van der Waals surface area contributed by atoms with Gasteiger partial charge in [0.2, 0.25) is 10.0 Å². The molecule has 0 aliphatic rings. The van der Waals surface area contributed by atoms with Crippen LogP contribution in [-0.4, -0.2) is 18.6 Å². The largest absolute Gasteiger partial charge is 0.283 e. The summed E-state index contributed by atoms with van der Waals surface area (Å²) in [6, 6.07) is 6.53. The van der Waals surface area contributed by atoms with Crippen molar-refractivity contribution in [2.75, 3.05) is 0 Å². The number of H-pyrrole nitrogens is 1. The number of rotatable bonds is 4. The normalized spacial score (nSPS) is 11.2. The first kappa shape index (κ1) is 14.2. The summed E-state index contributed by atoms with van der Waals surface area (Å²) in [6.07, 6.45) is 1.58. The van der Waals surface area contributed by atoms with Gasteiger partial charge in [0.1, 0.15) is 0 Å². The molecule has 2 N–H and O–H groups in total. The Balaban J connectivity index is 2.27. The zero-order chi connectivity index (χ0) is 14.8. The van der Waals surface area contributed by atoms with E-state index < -0.39 is 10.0 Å². The summed E-state index contributed by atoms with van der Waals surface area (Å²) in [4.78, 5) is 0.123. The number of aromatic nitrogens is 2. The third kappa shape index (κ3) is 2.87. The van der Waals surface area contributed by atoms with E-state index in [1.54, 1.807) is 25.3 Å². The predicted molar refractivity (Wildman–Crippen MR) is 73.2 cm³/mol. The van der Waals surface area contributed by atoms with Gasteiger partial charge < -0.3 is 0 Å². The van der Waals surface area contributed by atoms with Crippen LogP contribution in [-0.2, 0) is 16.6 Å². The van der Waals surface area contributed by atoms with Crippen molar-refractivity contribution in [3.05, 3.63) is 46.8 Å². The number of hydrogen-bond donors (Lipinski definition) is 2. The zero-order valence-corrected chi connectivity index (χ0v) is 12.0. The molecule has 0 saturated carbocycles. The van der Waals surface area contributed by atoms with Crippen molar-refractivity contribution in [2.24, 2.45) is 0 Å². The summed E-state index contributed by atoms with van der Waals surface area (Å²) >= 11 is 0. The van der Waals surface area contributed by atoms with Gasteiger partial charge in [0.05, 0.1) is 22.7 Å². The molecule has 20 heavy (non-hydrogen) atoms. The van der Waals surface area contributed by atoms with Gasteiger partial charge in [-0.25, -0.2) is 13.1 Å². The molecule has 2 aromatic rings. The molecule has 1 heterocycles. The molecule has 0 spiro atoms. The molecule has 0 aliphatic heterocycles. The van der Waals surface area contributed by atoms with Gasteiger partial charge in [0, 0.05) is 17.8 Å². The third-order valence-electron chi connectivity index (χ3n) is 2.99. The predicted octanol–water partition coefficient (Wildman–Crippen LogP) is 1.38. The lowest BCUT2D eigenvalue weighted by molar-refractivity contribution is 0.580. The molecule has 0 aliphatic carbocycles. The Morgan fingerprint density at radius 2 is 2.15 bits per heavy atom. The van der Waals surface area contributed by atoms with Crippen LogP contribution in [0.15, 0.2) is 29.3 Å². The monoisotopic (exact) mass is 290 g/mol. The first-order valence-corrected chi connectivity index (χ1v) is 7.41.